The first kappa shape index (κ1) is 16.4. The van der Waals surface area contributed by atoms with E-state index in [4.69, 9.17) is 4.52 Å². The van der Waals surface area contributed by atoms with Crippen LogP contribution in [-0.4, -0.2) is 29.5 Å². The highest BCUT2D eigenvalue weighted by molar-refractivity contribution is 5.29. The summed E-state index contributed by atoms with van der Waals surface area (Å²) in [5.41, 5.74) is 1.85. The summed E-state index contributed by atoms with van der Waals surface area (Å²) in [6.07, 6.45) is -1.25. The molecule has 1 aromatic carbocycles. The fraction of sp³-hybridized carbons (Fsp3) is 0.500. The van der Waals surface area contributed by atoms with Crippen LogP contribution in [0.1, 0.15) is 17.7 Å². The molecule has 2 heterocycles. The van der Waals surface area contributed by atoms with E-state index in [1.54, 1.807) is 12.3 Å². The minimum Gasteiger partial charge on any atom is -0.406 e. The number of aromatic nitrogens is 1. The van der Waals surface area contributed by atoms with Crippen LogP contribution < -0.4 is 4.74 Å². The molecule has 2 aliphatic rings. The number of piperidine rings is 1. The number of hydrogen-bond acceptors (Lipinski definition) is 4. The lowest BCUT2D eigenvalue weighted by atomic mass is 10.0. The Balaban J connectivity index is 1.24. The lowest BCUT2D eigenvalue weighted by molar-refractivity contribution is -0.274. The van der Waals surface area contributed by atoms with E-state index in [9.17, 15) is 13.2 Å². The Bertz CT molecular complexity index is 705. The number of fused-ring (bicyclic) bond motifs is 1. The highest BCUT2D eigenvalue weighted by Gasteiger charge is 2.54. The quantitative estimate of drug-likeness (QED) is 0.791. The van der Waals surface area contributed by atoms with Gasteiger partial charge in [0.2, 0.25) is 0 Å². The zero-order valence-corrected chi connectivity index (χ0v) is 13.6. The highest BCUT2D eigenvalue weighted by atomic mass is 19.4. The summed E-state index contributed by atoms with van der Waals surface area (Å²) in [6.45, 7) is 2.96. The van der Waals surface area contributed by atoms with E-state index in [1.165, 1.54) is 12.1 Å². The summed E-state index contributed by atoms with van der Waals surface area (Å²) in [5.74, 6) is 1.96. The number of alkyl halides is 3. The molecule has 7 heteroatoms. The van der Waals surface area contributed by atoms with Crippen LogP contribution in [0.2, 0.25) is 0 Å². The largest absolute Gasteiger partial charge is 0.573 e. The van der Waals surface area contributed by atoms with E-state index < -0.39 is 6.36 Å². The van der Waals surface area contributed by atoms with Crippen LogP contribution in [0.3, 0.4) is 0 Å². The van der Waals surface area contributed by atoms with Crippen molar-refractivity contribution in [3.05, 3.63) is 47.9 Å². The number of halogens is 3. The van der Waals surface area contributed by atoms with Gasteiger partial charge in [-0.05, 0) is 48.3 Å². The normalized spacial score (nSPS) is 25.8. The van der Waals surface area contributed by atoms with Gasteiger partial charge in [0.15, 0.2) is 0 Å². The molecule has 1 aromatic heterocycles. The van der Waals surface area contributed by atoms with Crippen molar-refractivity contribution in [3.63, 3.8) is 0 Å². The average molecular weight is 352 g/mol. The van der Waals surface area contributed by atoms with Crippen molar-refractivity contribution in [1.29, 1.82) is 0 Å². The Morgan fingerprint density at radius 3 is 2.68 bits per heavy atom. The molecule has 1 aliphatic carbocycles. The molecule has 2 fully saturated rings. The van der Waals surface area contributed by atoms with Gasteiger partial charge >= 0.3 is 6.36 Å². The van der Waals surface area contributed by atoms with E-state index in [0.717, 1.165) is 43.7 Å². The second-order valence-corrected chi connectivity index (χ2v) is 6.91. The van der Waals surface area contributed by atoms with Crippen LogP contribution in [-0.2, 0) is 13.0 Å². The summed E-state index contributed by atoms with van der Waals surface area (Å²) in [7, 11) is 0. The molecular weight excluding hydrogens is 333 g/mol. The fourth-order valence-electron chi connectivity index (χ4n) is 4.07. The molecule has 4 rings (SSSR count). The second kappa shape index (κ2) is 6.37. The summed E-state index contributed by atoms with van der Waals surface area (Å²) < 4.78 is 45.7. The van der Waals surface area contributed by atoms with E-state index in [0.29, 0.717) is 17.8 Å². The predicted molar refractivity (Wildman–Crippen MR) is 83.7 cm³/mol. The van der Waals surface area contributed by atoms with Crippen LogP contribution in [0.15, 0.2) is 41.1 Å². The monoisotopic (exact) mass is 352 g/mol. The zero-order chi connectivity index (χ0) is 17.4. The standard InChI is InChI=1S/C18H19F3N2O2/c19-18(20,21)25-14-3-1-2-12(8-14)4-5-15-16-10-23(11-17(15)16)9-13-6-7-24-22-13/h1-3,6-8,15-17H,4-5,9-11H2. The minimum atomic E-state index is -4.64. The van der Waals surface area contributed by atoms with Crippen LogP contribution in [0, 0.1) is 17.8 Å². The van der Waals surface area contributed by atoms with Crippen LogP contribution in [0.25, 0.3) is 0 Å². The first-order valence-corrected chi connectivity index (χ1v) is 8.44. The first-order chi connectivity index (χ1) is 12.0. The van der Waals surface area contributed by atoms with Gasteiger partial charge in [0.05, 0.1) is 5.69 Å². The molecule has 1 saturated heterocycles. The number of aryl methyl sites for hydroxylation is 1. The highest BCUT2D eigenvalue weighted by Crippen LogP contribution is 2.54. The molecule has 2 aromatic rings. The third-order valence-corrected chi connectivity index (χ3v) is 5.22. The summed E-state index contributed by atoms with van der Waals surface area (Å²) >= 11 is 0. The first-order valence-electron chi connectivity index (χ1n) is 8.44. The molecule has 4 nitrogen and oxygen atoms in total. The van der Waals surface area contributed by atoms with Gasteiger partial charge in [-0.3, -0.25) is 4.90 Å². The van der Waals surface area contributed by atoms with Crippen molar-refractivity contribution >= 4 is 0 Å². The summed E-state index contributed by atoms with van der Waals surface area (Å²) in [5, 5.41) is 3.94. The molecule has 1 aliphatic heterocycles. The molecule has 2 unspecified atom stereocenters. The van der Waals surface area contributed by atoms with E-state index in [1.807, 2.05) is 12.1 Å². The van der Waals surface area contributed by atoms with Crippen molar-refractivity contribution < 1.29 is 22.4 Å². The number of benzene rings is 1. The lowest BCUT2D eigenvalue weighted by Crippen LogP contribution is -2.24. The number of likely N-dealkylation sites (tertiary alicyclic amines) is 1. The van der Waals surface area contributed by atoms with E-state index in [2.05, 4.69) is 14.8 Å². The van der Waals surface area contributed by atoms with Gasteiger partial charge in [0.25, 0.3) is 0 Å². The fourth-order valence-corrected chi connectivity index (χ4v) is 4.07. The number of ether oxygens (including phenoxy) is 1. The topological polar surface area (TPSA) is 38.5 Å². The van der Waals surface area contributed by atoms with Crippen LogP contribution in [0.5, 0.6) is 5.75 Å². The number of nitrogens with zero attached hydrogens (tertiary/aromatic N) is 2. The summed E-state index contributed by atoms with van der Waals surface area (Å²) in [6, 6.07) is 8.19. The number of rotatable bonds is 6. The van der Waals surface area contributed by atoms with Gasteiger partial charge in [-0.1, -0.05) is 17.3 Å². The van der Waals surface area contributed by atoms with Gasteiger partial charge in [-0.15, -0.1) is 13.2 Å². The molecule has 1 saturated carbocycles. The van der Waals surface area contributed by atoms with E-state index in [-0.39, 0.29) is 5.75 Å². The molecule has 0 bridgehead atoms. The molecule has 25 heavy (non-hydrogen) atoms. The maximum absolute atomic E-state index is 12.3. The molecule has 0 radical (unpaired) electrons. The SMILES string of the molecule is FC(F)(F)Oc1cccc(CCC2C3CN(Cc4ccon4)CC23)c1. The Morgan fingerprint density at radius 2 is 2.00 bits per heavy atom. The molecule has 0 N–H and O–H groups in total. The van der Waals surface area contributed by atoms with Crippen molar-refractivity contribution in [2.45, 2.75) is 25.7 Å². The third-order valence-electron chi connectivity index (χ3n) is 5.22. The van der Waals surface area contributed by atoms with Gasteiger partial charge in [-0.25, -0.2) is 0 Å². The Kier molecular flexibility index (Phi) is 4.19. The van der Waals surface area contributed by atoms with Crippen molar-refractivity contribution in [3.8, 4) is 5.75 Å². The van der Waals surface area contributed by atoms with Gasteiger partial charge in [0, 0.05) is 25.7 Å². The second-order valence-electron chi connectivity index (χ2n) is 6.91. The predicted octanol–water partition coefficient (Wildman–Crippen LogP) is 3.88. The molecule has 0 amide bonds. The molecular formula is C18H19F3N2O2. The Hall–Kier alpha value is -2.02. The maximum Gasteiger partial charge on any atom is 0.573 e. The van der Waals surface area contributed by atoms with Crippen molar-refractivity contribution in [2.24, 2.45) is 17.8 Å². The Labute approximate surface area is 143 Å². The Morgan fingerprint density at radius 1 is 1.20 bits per heavy atom. The molecule has 134 valence electrons. The third kappa shape index (κ3) is 3.98. The zero-order valence-electron chi connectivity index (χ0n) is 13.6. The lowest BCUT2D eigenvalue weighted by Gasteiger charge is -2.17. The van der Waals surface area contributed by atoms with E-state index >= 15 is 0 Å². The van der Waals surface area contributed by atoms with Crippen molar-refractivity contribution in [1.82, 2.24) is 10.1 Å². The van der Waals surface area contributed by atoms with Crippen LogP contribution >= 0.6 is 0 Å². The maximum atomic E-state index is 12.3. The molecule has 0 spiro atoms. The van der Waals surface area contributed by atoms with Gasteiger partial charge in [0.1, 0.15) is 12.0 Å². The average Bonchev–Trinajstić information content (AvgIpc) is 2.94. The molecule has 2 atom stereocenters. The smallest absolute Gasteiger partial charge is 0.406 e. The number of hydrogen-bond donors (Lipinski definition) is 0. The van der Waals surface area contributed by atoms with Crippen molar-refractivity contribution in [2.75, 3.05) is 13.1 Å². The summed E-state index contributed by atoms with van der Waals surface area (Å²) in [4.78, 5) is 2.39. The minimum absolute atomic E-state index is 0.139. The van der Waals surface area contributed by atoms with Gasteiger partial charge in [-0.2, -0.15) is 0 Å². The van der Waals surface area contributed by atoms with Gasteiger partial charge < -0.3 is 9.26 Å². The van der Waals surface area contributed by atoms with Crippen LogP contribution in [0.4, 0.5) is 13.2 Å².